The quantitative estimate of drug-likeness (QED) is 0.801. The van der Waals surface area contributed by atoms with Gasteiger partial charge in [0, 0.05) is 27.7 Å². The fourth-order valence-electron chi connectivity index (χ4n) is 1.44. The monoisotopic (exact) mass is 245 g/mol. The molecule has 0 aliphatic rings. The van der Waals surface area contributed by atoms with Gasteiger partial charge in [-0.15, -0.1) is 11.8 Å². The van der Waals surface area contributed by atoms with Crippen molar-refractivity contribution in [3.05, 3.63) is 30.5 Å². The number of rotatable bonds is 3. The Morgan fingerprint density at radius 2 is 1.94 bits per heavy atom. The number of thioether (sulfide) groups is 1. The number of alkyl halides is 3. The molecule has 0 amide bonds. The van der Waals surface area contributed by atoms with Crippen LogP contribution < -0.4 is 0 Å². The van der Waals surface area contributed by atoms with E-state index in [0.717, 1.165) is 15.8 Å². The molecular weight excluding hydrogens is 235 g/mol. The van der Waals surface area contributed by atoms with Crippen LogP contribution >= 0.6 is 11.8 Å². The van der Waals surface area contributed by atoms with Gasteiger partial charge in [-0.1, -0.05) is 18.2 Å². The fraction of sp³-hybridized carbons (Fsp3) is 0.273. The SMILES string of the molecule is FC(F)(F)CCSc1c[nH]c2ccccc12. The zero-order valence-corrected chi connectivity index (χ0v) is 9.16. The molecule has 2 rings (SSSR count). The summed E-state index contributed by atoms with van der Waals surface area (Å²) in [7, 11) is 0. The molecule has 5 heteroatoms. The highest BCUT2D eigenvalue weighted by atomic mass is 32.2. The van der Waals surface area contributed by atoms with Crippen LogP contribution in [0.25, 0.3) is 10.9 Å². The zero-order valence-electron chi connectivity index (χ0n) is 8.34. The molecule has 16 heavy (non-hydrogen) atoms. The Hall–Kier alpha value is -1.10. The highest BCUT2D eigenvalue weighted by Crippen LogP contribution is 2.30. The van der Waals surface area contributed by atoms with Crippen molar-refractivity contribution in [2.24, 2.45) is 0 Å². The number of para-hydroxylation sites is 1. The van der Waals surface area contributed by atoms with Gasteiger partial charge in [-0.2, -0.15) is 13.2 Å². The second kappa shape index (κ2) is 4.41. The molecule has 2 aromatic rings. The first kappa shape index (κ1) is 11.4. The molecule has 0 saturated heterocycles. The van der Waals surface area contributed by atoms with Crippen molar-refractivity contribution in [2.75, 3.05) is 5.75 Å². The van der Waals surface area contributed by atoms with Gasteiger partial charge in [0.25, 0.3) is 0 Å². The number of nitrogens with one attached hydrogen (secondary N) is 1. The van der Waals surface area contributed by atoms with Crippen LogP contribution in [0.15, 0.2) is 35.4 Å². The Kier molecular flexibility index (Phi) is 3.14. The fourth-order valence-corrected chi connectivity index (χ4v) is 2.47. The Morgan fingerprint density at radius 3 is 2.69 bits per heavy atom. The minimum Gasteiger partial charge on any atom is -0.360 e. The molecule has 0 bridgehead atoms. The summed E-state index contributed by atoms with van der Waals surface area (Å²) in [5.74, 6) is 0.0609. The normalized spacial score (nSPS) is 12.2. The molecule has 0 aliphatic heterocycles. The predicted molar refractivity (Wildman–Crippen MR) is 59.7 cm³/mol. The standard InChI is InChI=1S/C11H10F3NS/c12-11(13,14)5-6-16-10-7-15-9-4-2-1-3-8(9)10/h1-4,7,15H,5-6H2. The largest absolute Gasteiger partial charge is 0.389 e. The van der Waals surface area contributed by atoms with Crippen molar-refractivity contribution in [3.8, 4) is 0 Å². The molecule has 86 valence electrons. The zero-order chi connectivity index (χ0) is 11.6. The van der Waals surface area contributed by atoms with Gasteiger partial charge in [0.05, 0.1) is 6.42 Å². The molecule has 1 aromatic carbocycles. The molecule has 1 N–H and O–H groups in total. The highest BCUT2D eigenvalue weighted by molar-refractivity contribution is 7.99. The lowest BCUT2D eigenvalue weighted by atomic mass is 10.2. The third-order valence-electron chi connectivity index (χ3n) is 2.19. The van der Waals surface area contributed by atoms with Crippen LogP contribution in [0.3, 0.4) is 0 Å². The first-order valence-corrected chi connectivity index (χ1v) is 5.80. The van der Waals surface area contributed by atoms with E-state index in [1.54, 1.807) is 6.20 Å². The molecule has 0 unspecified atom stereocenters. The maximum absolute atomic E-state index is 12.0. The summed E-state index contributed by atoms with van der Waals surface area (Å²) in [5.41, 5.74) is 0.956. The minimum absolute atomic E-state index is 0.0609. The predicted octanol–water partition coefficient (Wildman–Crippen LogP) is 4.21. The number of aromatic nitrogens is 1. The van der Waals surface area contributed by atoms with Crippen molar-refractivity contribution >= 4 is 22.7 Å². The lowest BCUT2D eigenvalue weighted by molar-refractivity contribution is -0.129. The van der Waals surface area contributed by atoms with E-state index in [4.69, 9.17) is 0 Å². The molecule has 0 spiro atoms. The van der Waals surface area contributed by atoms with E-state index >= 15 is 0 Å². The van der Waals surface area contributed by atoms with Crippen LogP contribution in [0.5, 0.6) is 0 Å². The summed E-state index contributed by atoms with van der Waals surface area (Å²) in [5, 5.41) is 0.981. The Bertz CT molecular complexity index is 475. The van der Waals surface area contributed by atoms with Crippen molar-refractivity contribution in [1.82, 2.24) is 4.98 Å². The van der Waals surface area contributed by atoms with Crippen LogP contribution in [0.2, 0.25) is 0 Å². The van der Waals surface area contributed by atoms with Crippen LogP contribution in [0.4, 0.5) is 13.2 Å². The number of H-pyrrole nitrogens is 1. The number of benzene rings is 1. The van der Waals surface area contributed by atoms with E-state index in [2.05, 4.69) is 4.98 Å². The summed E-state index contributed by atoms with van der Waals surface area (Å²) in [6.07, 6.45) is -3.07. The maximum atomic E-state index is 12.0. The Balaban J connectivity index is 2.05. The van der Waals surface area contributed by atoms with Crippen LogP contribution in [0, 0.1) is 0 Å². The second-order valence-electron chi connectivity index (χ2n) is 3.41. The summed E-state index contributed by atoms with van der Waals surface area (Å²) in [6.45, 7) is 0. The van der Waals surface area contributed by atoms with Crippen LogP contribution in [0.1, 0.15) is 6.42 Å². The van der Waals surface area contributed by atoms with Gasteiger partial charge in [0.2, 0.25) is 0 Å². The van der Waals surface area contributed by atoms with E-state index < -0.39 is 12.6 Å². The van der Waals surface area contributed by atoms with E-state index in [1.807, 2.05) is 24.3 Å². The highest BCUT2D eigenvalue weighted by Gasteiger charge is 2.26. The van der Waals surface area contributed by atoms with Gasteiger partial charge in [0.15, 0.2) is 0 Å². The molecule has 0 aliphatic carbocycles. The van der Waals surface area contributed by atoms with Gasteiger partial charge in [-0.05, 0) is 6.07 Å². The van der Waals surface area contributed by atoms with Crippen LogP contribution in [-0.2, 0) is 0 Å². The number of halogens is 3. The summed E-state index contributed by atoms with van der Waals surface area (Å²) < 4.78 is 35.9. The van der Waals surface area contributed by atoms with Crippen LogP contribution in [-0.4, -0.2) is 16.9 Å². The second-order valence-corrected chi connectivity index (χ2v) is 4.55. The third kappa shape index (κ3) is 2.72. The maximum Gasteiger partial charge on any atom is 0.389 e. The molecular formula is C11H10F3NS. The van der Waals surface area contributed by atoms with Crippen molar-refractivity contribution in [3.63, 3.8) is 0 Å². The van der Waals surface area contributed by atoms with Gasteiger partial charge < -0.3 is 4.98 Å². The smallest absolute Gasteiger partial charge is 0.360 e. The lowest BCUT2D eigenvalue weighted by Gasteiger charge is -2.04. The first-order valence-electron chi connectivity index (χ1n) is 4.82. The first-order chi connectivity index (χ1) is 7.56. The van der Waals surface area contributed by atoms with E-state index in [9.17, 15) is 13.2 Å². The topological polar surface area (TPSA) is 15.8 Å². The molecule has 1 heterocycles. The average Bonchev–Trinajstić information content (AvgIpc) is 2.60. The molecule has 0 atom stereocenters. The van der Waals surface area contributed by atoms with Gasteiger partial charge in [0.1, 0.15) is 0 Å². The van der Waals surface area contributed by atoms with Crippen molar-refractivity contribution < 1.29 is 13.2 Å². The summed E-state index contributed by atoms with van der Waals surface area (Å²) in [6, 6.07) is 7.58. The van der Waals surface area contributed by atoms with Gasteiger partial charge >= 0.3 is 6.18 Å². The number of hydrogen-bond acceptors (Lipinski definition) is 1. The molecule has 1 nitrogen and oxygen atoms in total. The average molecular weight is 245 g/mol. The molecule has 1 aromatic heterocycles. The molecule has 0 saturated carbocycles. The minimum atomic E-state index is -4.07. The number of hydrogen-bond donors (Lipinski definition) is 1. The van der Waals surface area contributed by atoms with E-state index in [1.165, 1.54) is 11.8 Å². The van der Waals surface area contributed by atoms with Gasteiger partial charge in [-0.25, -0.2) is 0 Å². The summed E-state index contributed by atoms with van der Waals surface area (Å²) >= 11 is 1.23. The number of aromatic amines is 1. The van der Waals surface area contributed by atoms with Crippen molar-refractivity contribution in [2.45, 2.75) is 17.5 Å². The van der Waals surface area contributed by atoms with E-state index in [-0.39, 0.29) is 5.75 Å². The molecule has 0 radical (unpaired) electrons. The lowest BCUT2D eigenvalue weighted by Crippen LogP contribution is -2.07. The number of fused-ring (bicyclic) bond motifs is 1. The Labute approximate surface area is 95.0 Å². The van der Waals surface area contributed by atoms with Crippen molar-refractivity contribution in [1.29, 1.82) is 0 Å². The summed E-state index contributed by atoms with van der Waals surface area (Å²) in [4.78, 5) is 3.91. The third-order valence-corrected chi connectivity index (χ3v) is 3.25. The van der Waals surface area contributed by atoms with Gasteiger partial charge in [-0.3, -0.25) is 0 Å². The molecule has 0 fully saturated rings. The Morgan fingerprint density at radius 1 is 1.19 bits per heavy atom. The van der Waals surface area contributed by atoms with E-state index in [0.29, 0.717) is 0 Å².